The SMILES string of the molecule is CN(CC(=O)O)C(=O)c1cccc(N=C2NSNC2Nc2cccc(Cl)c2N)c1O. The van der Waals surface area contributed by atoms with E-state index < -0.39 is 24.6 Å². The Labute approximate surface area is 181 Å². The van der Waals surface area contributed by atoms with Crippen molar-refractivity contribution < 1.29 is 19.8 Å². The maximum absolute atomic E-state index is 12.4. The zero-order valence-corrected chi connectivity index (χ0v) is 17.3. The van der Waals surface area contributed by atoms with Crippen LogP contribution in [0.4, 0.5) is 17.1 Å². The number of hydrogen-bond donors (Lipinski definition) is 6. The number of amidine groups is 1. The molecule has 12 heteroatoms. The Morgan fingerprint density at radius 3 is 2.80 bits per heavy atom. The minimum atomic E-state index is -1.16. The molecule has 1 aliphatic rings. The van der Waals surface area contributed by atoms with Gasteiger partial charge >= 0.3 is 5.97 Å². The minimum Gasteiger partial charge on any atom is -0.505 e. The number of nitrogens with one attached hydrogen (secondary N) is 3. The number of amides is 1. The Hall–Kier alpha value is -3.15. The lowest BCUT2D eigenvalue weighted by molar-refractivity contribution is -0.137. The lowest BCUT2D eigenvalue weighted by atomic mass is 10.1. The molecular weight excluding hydrogens is 432 g/mol. The molecule has 1 saturated heterocycles. The van der Waals surface area contributed by atoms with Crippen LogP contribution in [0.1, 0.15) is 10.4 Å². The third kappa shape index (κ3) is 4.70. The standard InChI is InChI=1S/C18H19ClN6O4S/c1-25(8-13(26)27)18(29)9-4-2-7-12(15(9)28)22-17-16(23-30-24-17)21-11-6-3-5-10(19)14(11)20/h2-7,16,21,23,28H,8,20H2,1H3,(H,22,24)(H,26,27). The van der Waals surface area contributed by atoms with Crippen molar-refractivity contribution >= 4 is 58.5 Å². The number of nitrogens with two attached hydrogens (primary N) is 1. The highest BCUT2D eigenvalue weighted by Crippen LogP contribution is 2.32. The van der Waals surface area contributed by atoms with Gasteiger partial charge in [0.15, 0.2) is 11.6 Å². The van der Waals surface area contributed by atoms with E-state index in [0.29, 0.717) is 22.2 Å². The number of halogens is 1. The van der Waals surface area contributed by atoms with E-state index in [1.807, 2.05) is 0 Å². The highest BCUT2D eigenvalue weighted by molar-refractivity contribution is 7.96. The van der Waals surface area contributed by atoms with Crippen LogP contribution in [0.5, 0.6) is 5.75 Å². The number of carbonyl (C=O) groups excluding carboxylic acids is 1. The van der Waals surface area contributed by atoms with Crippen molar-refractivity contribution in [2.45, 2.75) is 6.17 Å². The Morgan fingerprint density at radius 1 is 1.33 bits per heavy atom. The summed E-state index contributed by atoms with van der Waals surface area (Å²) in [6, 6.07) is 9.67. The molecule has 0 bridgehead atoms. The number of phenolic OH excluding ortho intramolecular Hbond substituents is 1. The van der Waals surface area contributed by atoms with Crippen molar-refractivity contribution in [1.29, 1.82) is 0 Å². The summed E-state index contributed by atoms with van der Waals surface area (Å²) in [4.78, 5) is 28.7. The molecule has 2 aromatic carbocycles. The number of anilines is 2. The number of nitrogens with zero attached hydrogens (tertiary/aromatic N) is 2. The molecule has 10 nitrogen and oxygen atoms in total. The van der Waals surface area contributed by atoms with E-state index in [0.717, 1.165) is 4.90 Å². The van der Waals surface area contributed by atoms with Crippen molar-refractivity contribution in [1.82, 2.24) is 14.3 Å². The number of aliphatic imine (C=N–C) groups is 1. The maximum Gasteiger partial charge on any atom is 0.323 e. The summed E-state index contributed by atoms with van der Waals surface area (Å²) in [5, 5.41) is 23.0. The van der Waals surface area contributed by atoms with Gasteiger partial charge in [-0.3, -0.25) is 9.59 Å². The van der Waals surface area contributed by atoms with Crippen LogP contribution in [-0.2, 0) is 4.79 Å². The van der Waals surface area contributed by atoms with Gasteiger partial charge in [0.25, 0.3) is 5.91 Å². The van der Waals surface area contributed by atoms with Crippen LogP contribution in [0.3, 0.4) is 0 Å². The Balaban J connectivity index is 1.86. The van der Waals surface area contributed by atoms with Crippen molar-refractivity contribution in [2.75, 3.05) is 24.6 Å². The van der Waals surface area contributed by atoms with Crippen molar-refractivity contribution in [2.24, 2.45) is 4.99 Å². The number of carboxylic acid groups (broad SMARTS) is 1. The molecule has 158 valence electrons. The van der Waals surface area contributed by atoms with E-state index in [9.17, 15) is 14.7 Å². The average Bonchev–Trinajstić information content (AvgIpc) is 3.12. The molecule has 0 saturated carbocycles. The first-order chi connectivity index (χ1) is 14.3. The number of aliphatic carboxylic acids is 1. The molecule has 1 heterocycles. The predicted octanol–water partition coefficient (Wildman–Crippen LogP) is 2.01. The van der Waals surface area contributed by atoms with Gasteiger partial charge in [-0.1, -0.05) is 23.7 Å². The van der Waals surface area contributed by atoms with E-state index in [1.165, 1.54) is 31.3 Å². The summed E-state index contributed by atoms with van der Waals surface area (Å²) in [6.45, 7) is -0.494. The smallest absolute Gasteiger partial charge is 0.323 e. The highest BCUT2D eigenvalue weighted by atomic mass is 35.5. The van der Waals surface area contributed by atoms with Crippen LogP contribution in [0.15, 0.2) is 41.4 Å². The van der Waals surface area contributed by atoms with Gasteiger partial charge in [-0.15, -0.1) is 0 Å². The summed E-state index contributed by atoms with van der Waals surface area (Å²) in [5.74, 6) is -1.72. The summed E-state index contributed by atoms with van der Waals surface area (Å²) < 4.78 is 6.03. The average molecular weight is 451 g/mol. The molecule has 1 unspecified atom stereocenters. The summed E-state index contributed by atoms with van der Waals surface area (Å²) in [6.07, 6.45) is -0.482. The van der Waals surface area contributed by atoms with Gasteiger partial charge in [0.05, 0.1) is 22.0 Å². The van der Waals surface area contributed by atoms with Gasteiger partial charge in [-0.05, 0) is 24.3 Å². The fraction of sp³-hybridized carbons (Fsp3) is 0.167. The first-order valence-corrected chi connectivity index (χ1v) is 9.83. The van der Waals surface area contributed by atoms with Crippen LogP contribution in [0.2, 0.25) is 5.02 Å². The van der Waals surface area contributed by atoms with Crippen LogP contribution in [-0.4, -0.2) is 52.6 Å². The molecule has 0 aliphatic carbocycles. The number of carboxylic acids is 1. The van der Waals surface area contributed by atoms with Crippen molar-refractivity contribution in [3.8, 4) is 5.75 Å². The van der Waals surface area contributed by atoms with Crippen LogP contribution in [0.25, 0.3) is 0 Å². The second-order valence-corrected chi connectivity index (χ2v) is 7.38. The van der Waals surface area contributed by atoms with Gasteiger partial charge in [0.2, 0.25) is 0 Å². The van der Waals surface area contributed by atoms with Gasteiger partial charge in [0, 0.05) is 19.2 Å². The first-order valence-electron chi connectivity index (χ1n) is 8.63. The minimum absolute atomic E-state index is 0.0530. The zero-order valence-electron chi connectivity index (χ0n) is 15.7. The Bertz CT molecular complexity index is 1020. The number of hydrogen-bond acceptors (Lipinski definition) is 8. The molecule has 7 N–H and O–H groups in total. The van der Waals surface area contributed by atoms with Crippen molar-refractivity contribution in [3.63, 3.8) is 0 Å². The van der Waals surface area contributed by atoms with Crippen LogP contribution in [0, 0.1) is 0 Å². The topological polar surface area (TPSA) is 152 Å². The number of aromatic hydroxyl groups is 1. The number of rotatable bonds is 6. The summed E-state index contributed by atoms with van der Waals surface area (Å²) in [7, 11) is 1.34. The number of para-hydroxylation sites is 2. The second kappa shape index (κ2) is 9.11. The van der Waals surface area contributed by atoms with Gasteiger partial charge in [-0.2, -0.15) is 0 Å². The molecule has 0 aromatic heterocycles. The molecule has 1 fully saturated rings. The van der Waals surface area contributed by atoms with E-state index in [-0.39, 0.29) is 17.0 Å². The molecule has 3 rings (SSSR count). The summed E-state index contributed by atoms with van der Waals surface area (Å²) in [5.41, 5.74) is 7.05. The molecular formula is C18H19ClN6O4S. The number of nitrogen functional groups attached to an aromatic ring is 1. The quantitative estimate of drug-likeness (QED) is 0.286. The van der Waals surface area contributed by atoms with E-state index in [2.05, 4.69) is 19.8 Å². The molecule has 0 spiro atoms. The third-order valence-electron chi connectivity index (χ3n) is 4.16. The van der Waals surface area contributed by atoms with Crippen LogP contribution < -0.4 is 20.5 Å². The Kier molecular flexibility index (Phi) is 6.55. The van der Waals surface area contributed by atoms with Gasteiger partial charge < -0.3 is 30.9 Å². The third-order valence-corrected chi connectivity index (χ3v) is 5.16. The van der Waals surface area contributed by atoms with Crippen LogP contribution >= 0.6 is 23.7 Å². The normalized spacial score (nSPS) is 16.9. The van der Waals surface area contributed by atoms with E-state index >= 15 is 0 Å². The number of likely N-dealkylation sites (N-methyl/N-ethyl adjacent to an activating group) is 1. The second-order valence-electron chi connectivity index (χ2n) is 6.33. The molecule has 0 radical (unpaired) electrons. The fourth-order valence-electron chi connectivity index (χ4n) is 2.66. The monoisotopic (exact) mass is 450 g/mol. The zero-order chi connectivity index (χ0) is 21.8. The number of carbonyl (C=O) groups is 2. The van der Waals surface area contributed by atoms with Gasteiger partial charge in [0.1, 0.15) is 18.4 Å². The lowest BCUT2D eigenvalue weighted by Gasteiger charge is -2.17. The highest BCUT2D eigenvalue weighted by Gasteiger charge is 2.25. The lowest BCUT2D eigenvalue weighted by Crippen LogP contribution is -2.36. The number of phenols is 1. The molecule has 30 heavy (non-hydrogen) atoms. The number of benzene rings is 2. The van der Waals surface area contributed by atoms with E-state index in [1.54, 1.807) is 24.3 Å². The molecule has 1 aliphatic heterocycles. The Morgan fingerprint density at radius 2 is 2.07 bits per heavy atom. The molecule has 1 amide bonds. The largest absolute Gasteiger partial charge is 0.505 e. The molecule has 2 aromatic rings. The van der Waals surface area contributed by atoms with Gasteiger partial charge in [-0.25, -0.2) is 9.71 Å². The molecule has 1 atom stereocenters. The van der Waals surface area contributed by atoms with E-state index in [4.69, 9.17) is 22.4 Å². The fourth-order valence-corrected chi connectivity index (χ4v) is 3.45. The maximum atomic E-state index is 12.4. The predicted molar refractivity (Wildman–Crippen MR) is 117 cm³/mol. The van der Waals surface area contributed by atoms with Crippen molar-refractivity contribution in [3.05, 3.63) is 47.0 Å². The first kappa shape index (κ1) is 21.6. The summed E-state index contributed by atoms with van der Waals surface area (Å²) >= 11 is 7.23.